The summed E-state index contributed by atoms with van der Waals surface area (Å²) < 4.78 is 6.60. The minimum atomic E-state index is -0.430. The summed E-state index contributed by atoms with van der Waals surface area (Å²) in [5.74, 6) is -0.430. The van der Waals surface area contributed by atoms with Crippen LogP contribution in [0.25, 0.3) is 11.3 Å². The zero-order valence-electron chi connectivity index (χ0n) is 15.2. The molecule has 1 aromatic carbocycles. The molecule has 27 heavy (non-hydrogen) atoms. The third kappa shape index (κ3) is 4.20. The fourth-order valence-electron chi connectivity index (χ4n) is 2.67. The van der Waals surface area contributed by atoms with Crippen LogP contribution in [0.3, 0.4) is 0 Å². The Bertz CT molecular complexity index is 985. The van der Waals surface area contributed by atoms with E-state index in [0.29, 0.717) is 29.2 Å². The van der Waals surface area contributed by atoms with E-state index in [-0.39, 0.29) is 12.2 Å². The average Bonchev–Trinajstić information content (AvgIpc) is 2.69. The molecule has 1 N–H and O–H groups in total. The predicted octanol–water partition coefficient (Wildman–Crippen LogP) is 3.13. The first-order chi connectivity index (χ1) is 13.1. The molecule has 0 aliphatic heterocycles. The van der Waals surface area contributed by atoms with Crippen LogP contribution >= 0.6 is 0 Å². The molecule has 7 heteroatoms. The van der Waals surface area contributed by atoms with Crippen LogP contribution < -0.4 is 10.9 Å². The van der Waals surface area contributed by atoms with Crippen LogP contribution in [-0.2, 0) is 22.7 Å². The Balaban J connectivity index is 2.21. The Kier molecular flexibility index (Phi) is 5.61. The number of nitrogens with zero attached hydrogens (tertiary/aromatic N) is 3. The normalized spacial score (nSPS) is 10.4. The molecule has 0 radical (unpaired) electrons. The molecule has 138 valence electrons. The molecule has 0 spiro atoms. The standard InChI is InChI=1S/C20H20N4O3/c1-3-24-20(26)19(22-16-10-7-11-21-12-16)17(13-27-14(2)25)18(23-24)15-8-5-4-6-9-15/h4-12,22H,3,13H2,1-2H3. The molecule has 7 nitrogen and oxygen atoms in total. The number of aryl methyl sites for hydroxylation is 1. The van der Waals surface area contributed by atoms with Crippen LogP contribution in [0.15, 0.2) is 59.7 Å². The van der Waals surface area contributed by atoms with Crippen molar-refractivity contribution in [3.63, 3.8) is 0 Å². The Morgan fingerprint density at radius 1 is 1.19 bits per heavy atom. The van der Waals surface area contributed by atoms with Crippen LogP contribution in [0.4, 0.5) is 11.4 Å². The zero-order chi connectivity index (χ0) is 19.2. The number of nitrogens with one attached hydrogen (secondary N) is 1. The number of pyridine rings is 1. The fraction of sp³-hybridized carbons (Fsp3) is 0.200. The average molecular weight is 364 g/mol. The van der Waals surface area contributed by atoms with Crippen molar-refractivity contribution in [3.8, 4) is 11.3 Å². The lowest BCUT2D eigenvalue weighted by molar-refractivity contribution is -0.142. The third-order valence-corrected chi connectivity index (χ3v) is 3.95. The first kappa shape index (κ1) is 18.3. The van der Waals surface area contributed by atoms with Crippen molar-refractivity contribution in [2.24, 2.45) is 0 Å². The first-order valence-electron chi connectivity index (χ1n) is 8.60. The molecule has 0 atom stereocenters. The second-order valence-electron chi connectivity index (χ2n) is 5.84. The van der Waals surface area contributed by atoms with E-state index in [1.807, 2.05) is 37.3 Å². The van der Waals surface area contributed by atoms with Gasteiger partial charge >= 0.3 is 5.97 Å². The van der Waals surface area contributed by atoms with E-state index in [1.54, 1.807) is 24.5 Å². The zero-order valence-corrected chi connectivity index (χ0v) is 15.2. The summed E-state index contributed by atoms with van der Waals surface area (Å²) >= 11 is 0. The number of ether oxygens (including phenoxy) is 1. The van der Waals surface area contributed by atoms with Crippen molar-refractivity contribution >= 4 is 17.3 Å². The highest BCUT2D eigenvalue weighted by molar-refractivity contribution is 5.73. The summed E-state index contributed by atoms with van der Waals surface area (Å²) in [5, 5.41) is 7.62. The number of carbonyl (C=O) groups excluding carboxylic acids is 1. The molecule has 0 aliphatic carbocycles. The highest BCUT2D eigenvalue weighted by Crippen LogP contribution is 2.27. The van der Waals surface area contributed by atoms with Gasteiger partial charge in [-0.15, -0.1) is 0 Å². The maximum absolute atomic E-state index is 12.9. The lowest BCUT2D eigenvalue weighted by Crippen LogP contribution is -2.27. The highest BCUT2D eigenvalue weighted by atomic mass is 16.5. The minimum absolute atomic E-state index is 0.0606. The lowest BCUT2D eigenvalue weighted by atomic mass is 10.1. The Morgan fingerprint density at radius 2 is 1.96 bits per heavy atom. The van der Waals surface area contributed by atoms with Crippen LogP contribution in [0, 0.1) is 0 Å². The molecular formula is C20H20N4O3. The van der Waals surface area contributed by atoms with E-state index in [4.69, 9.17) is 4.74 Å². The second-order valence-corrected chi connectivity index (χ2v) is 5.84. The molecule has 0 fully saturated rings. The van der Waals surface area contributed by atoms with Gasteiger partial charge in [0.1, 0.15) is 12.3 Å². The van der Waals surface area contributed by atoms with Gasteiger partial charge < -0.3 is 10.1 Å². The van der Waals surface area contributed by atoms with Crippen LogP contribution in [0.1, 0.15) is 19.4 Å². The molecule has 3 aromatic rings. The van der Waals surface area contributed by atoms with Crippen LogP contribution in [0.2, 0.25) is 0 Å². The van der Waals surface area contributed by atoms with Gasteiger partial charge in [0.25, 0.3) is 5.56 Å². The van der Waals surface area contributed by atoms with E-state index in [1.165, 1.54) is 11.6 Å². The number of anilines is 2. The molecule has 0 bridgehead atoms. The van der Waals surface area contributed by atoms with Crippen molar-refractivity contribution in [1.82, 2.24) is 14.8 Å². The van der Waals surface area contributed by atoms with Crippen molar-refractivity contribution in [3.05, 3.63) is 70.8 Å². The van der Waals surface area contributed by atoms with Crippen molar-refractivity contribution in [2.75, 3.05) is 5.32 Å². The quantitative estimate of drug-likeness (QED) is 0.676. The van der Waals surface area contributed by atoms with Crippen molar-refractivity contribution in [2.45, 2.75) is 27.0 Å². The first-order valence-corrected chi connectivity index (χ1v) is 8.60. The fourth-order valence-corrected chi connectivity index (χ4v) is 2.67. The summed E-state index contributed by atoms with van der Waals surface area (Å²) in [6, 6.07) is 13.1. The molecule has 3 rings (SSSR count). The van der Waals surface area contributed by atoms with Crippen molar-refractivity contribution < 1.29 is 9.53 Å². The van der Waals surface area contributed by atoms with Gasteiger partial charge in [-0.2, -0.15) is 5.10 Å². The highest BCUT2D eigenvalue weighted by Gasteiger charge is 2.19. The van der Waals surface area contributed by atoms with E-state index in [0.717, 1.165) is 5.56 Å². The molecule has 2 aromatic heterocycles. The topological polar surface area (TPSA) is 86.1 Å². The number of rotatable bonds is 6. The molecule has 0 saturated heterocycles. The second kappa shape index (κ2) is 8.27. The SMILES string of the molecule is CCn1nc(-c2ccccc2)c(COC(C)=O)c(Nc2cccnc2)c1=O. The van der Waals surface area contributed by atoms with E-state index in [9.17, 15) is 9.59 Å². The summed E-state index contributed by atoms with van der Waals surface area (Å²) in [6.07, 6.45) is 3.27. The summed E-state index contributed by atoms with van der Waals surface area (Å²) in [4.78, 5) is 28.4. The summed E-state index contributed by atoms with van der Waals surface area (Å²) in [6.45, 7) is 3.53. The number of carbonyl (C=O) groups is 1. The molecule has 2 heterocycles. The smallest absolute Gasteiger partial charge is 0.302 e. The van der Waals surface area contributed by atoms with Gasteiger partial charge in [0.05, 0.1) is 17.6 Å². The van der Waals surface area contributed by atoms with E-state index in [2.05, 4.69) is 15.4 Å². The minimum Gasteiger partial charge on any atom is -0.461 e. The number of hydrogen-bond acceptors (Lipinski definition) is 6. The maximum atomic E-state index is 12.9. The number of esters is 1. The molecule has 0 aliphatic rings. The van der Waals surface area contributed by atoms with Gasteiger partial charge in [0, 0.05) is 30.8 Å². The molecule has 0 amide bonds. The summed E-state index contributed by atoms with van der Waals surface area (Å²) in [5.41, 5.74) is 2.63. The van der Waals surface area contributed by atoms with Crippen LogP contribution in [-0.4, -0.2) is 20.7 Å². The monoisotopic (exact) mass is 364 g/mol. The van der Waals surface area contributed by atoms with Crippen molar-refractivity contribution in [1.29, 1.82) is 0 Å². The van der Waals surface area contributed by atoms with Crippen LogP contribution in [0.5, 0.6) is 0 Å². The van der Waals surface area contributed by atoms with Gasteiger partial charge in [-0.05, 0) is 19.1 Å². The predicted molar refractivity (Wildman–Crippen MR) is 103 cm³/mol. The maximum Gasteiger partial charge on any atom is 0.302 e. The van der Waals surface area contributed by atoms with E-state index >= 15 is 0 Å². The largest absolute Gasteiger partial charge is 0.461 e. The number of aromatic nitrogens is 3. The Hall–Kier alpha value is -3.48. The molecule has 0 unspecified atom stereocenters. The van der Waals surface area contributed by atoms with Gasteiger partial charge in [-0.25, -0.2) is 4.68 Å². The van der Waals surface area contributed by atoms with Gasteiger partial charge in [-0.3, -0.25) is 14.6 Å². The van der Waals surface area contributed by atoms with Gasteiger partial charge in [0.15, 0.2) is 0 Å². The van der Waals surface area contributed by atoms with E-state index < -0.39 is 5.97 Å². The Labute approximate surface area is 156 Å². The Morgan fingerprint density at radius 3 is 2.59 bits per heavy atom. The molecule has 0 saturated carbocycles. The third-order valence-electron chi connectivity index (χ3n) is 3.95. The lowest BCUT2D eigenvalue weighted by Gasteiger charge is -2.17. The summed E-state index contributed by atoms with van der Waals surface area (Å²) in [7, 11) is 0. The molecular weight excluding hydrogens is 344 g/mol. The number of benzene rings is 1. The van der Waals surface area contributed by atoms with Gasteiger partial charge in [0.2, 0.25) is 0 Å². The number of hydrogen-bond donors (Lipinski definition) is 1. The van der Waals surface area contributed by atoms with Gasteiger partial charge in [-0.1, -0.05) is 30.3 Å².